The molecule has 13 heavy (non-hydrogen) atoms. The molecule has 5 heteroatoms. The first-order valence-electron chi connectivity index (χ1n) is 4.39. The van der Waals surface area contributed by atoms with Crippen LogP contribution in [0.5, 0.6) is 0 Å². The van der Waals surface area contributed by atoms with E-state index >= 15 is 0 Å². The van der Waals surface area contributed by atoms with E-state index in [1.807, 2.05) is 0 Å². The average molecular weight is 226 g/mol. The quantitative estimate of drug-likeness (QED) is 0.480. The van der Waals surface area contributed by atoms with Crippen LogP contribution >= 0.6 is 0 Å². The van der Waals surface area contributed by atoms with Gasteiger partial charge in [0.05, 0.1) is 6.26 Å². The van der Waals surface area contributed by atoms with Crippen LogP contribution in [0.25, 0.3) is 0 Å². The molecule has 0 bridgehead atoms. The first kappa shape index (κ1) is 13.3. The Hall–Kier alpha value is 0.260. The molecule has 0 fully saturated rings. The lowest BCUT2D eigenvalue weighted by Gasteiger charge is -2.03. The van der Waals surface area contributed by atoms with Crippen LogP contribution < -0.4 is 0 Å². The van der Waals surface area contributed by atoms with Crippen LogP contribution in [-0.4, -0.2) is 37.0 Å². The Morgan fingerprint density at radius 3 is 2.15 bits per heavy atom. The standard InChI is InChI=1S/C8H18O3S2/c1-12(9)7-5-3-4-6-8-13(2,10)11/h3-8H2,1-2H3. The van der Waals surface area contributed by atoms with Gasteiger partial charge in [-0.05, 0) is 19.3 Å². The molecule has 3 nitrogen and oxygen atoms in total. The summed E-state index contributed by atoms with van der Waals surface area (Å²) in [6.07, 6.45) is 6.52. The van der Waals surface area contributed by atoms with E-state index in [9.17, 15) is 13.0 Å². The third-order valence-electron chi connectivity index (χ3n) is 1.70. The third-order valence-corrected chi connectivity index (χ3v) is 3.59. The molecule has 0 heterocycles. The summed E-state index contributed by atoms with van der Waals surface area (Å²) in [4.78, 5) is 0. The third kappa shape index (κ3) is 12.3. The molecule has 0 saturated heterocycles. The molecule has 0 aliphatic heterocycles. The molecular weight excluding hydrogens is 208 g/mol. The Labute approximate surface area is 84.0 Å². The Kier molecular flexibility index (Phi) is 6.81. The van der Waals surface area contributed by atoms with E-state index < -0.39 is 21.0 Å². The van der Waals surface area contributed by atoms with Crippen molar-refractivity contribution in [2.24, 2.45) is 0 Å². The molecule has 0 spiro atoms. The lowest BCUT2D eigenvalue weighted by Crippen LogP contribution is -2.04. The number of hydrogen-bond acceptors (Lipinski definition) is 3. The van der Waals surface area contributed by atoms with Crippen LogP contribution in [0.2, 0.25) is 0 Å². The van der Waals surface area contributed by atoms with Crippen molar-refractivity contribution >= 4 is 21.0 Å². The van der Waals surface area contributed by atoms with E-state index in [-0.39, 0.29) is 5.75 Å². The van der Waals surface area contributed by atoms with Crippen molar-refractivity contribution in [3.63, 3.8) is 0 Å². The average Bonchev–Trinajstić information content (AvgIpc) is 1.93. The first-order chi connectivity index (χ1) is 5.92. The normalized spacial score (nSPS) is 14.4. The van der Waals surface area contributed by atoms with Crippen LogP contribution in [-0.2, 0) is 21.0 Å². The summed E-state index contributed by atoms with van der Waals surface area (Å²) < 4.78 is 32.1. The van der Waals surface area contributed by atoms with Gasteiger partial charge in [-0.15, -0.1) is 0 Å². The zero-order chi connectivity index (χ0) is 10.3. The van der Waals surface area contributed by atoms with Crippen molar-refractivity contribution in [1.29, 1.82) is 0 Å². The molecule has 0 N–H and O–H groups in total. The van der Waals surface area contributed by atoms with Gasteiger partial charge in [0.2, 0.25) is 0 Å². The summed E-state index contributed by atoms with van der Waals surface area (Å²) in [6, 6.07) is 0. The molecule has 1 unspecified atom stereocenters. The van der Waals surface area contributed by atoms with Gasteiger partial charge in [0.25, 0.3) is 0 Å². The fraction of sp³-hybridized carbons (Fsp3) is 1.00. The maximum absolute atomic E-state index is 10.7. The second-order valence-corrected chi connectivity index (χ2v) is 7.14. The summed E-state index contributed by atoms with van der Waals surface area (Å²) in [6.45, 7) is 0. The van der Waals surface area contributed by atoms with Crippen LogP contribution in [0.1, 0.15) is 25.7 Å². The van der Waals surface area contributed by atoms with E-state index in [4.69, 9.17) is 0 Å². The fourth-order valence-electron chi connectivity index (χ4n) is 1.02. The molecule has 0 rings (SSSR count). The predicted octanol–water partition coefficient (Wildman–Crippen LogP) is 0.970. The van der Waals surface area contributed by atoms with Gasteiger partial charge < -0.3 is 4.55 Å². The summed E-state index contributed by atoms with van der Waals surface area (Å²) in [5, 5.41) is 0. The topological polar surface area (TPSA) is 57.2 Å². The number of unbranched alkanes of at least 4 members (excludes halogenated alkanes) is 3. The van der Waals surface area contributed by atoms with E-state index in [2.05, 4.69) is 0 Å². The van der Waals surface area contributed by atoms with Crippen LogP contribution in [0.15, 0.2) is 0 Å². The zero-order valence-electron chi connectivity index (χ0n) is 8.28. The van der Waals surface area contributed by atoms with Gasteiger partial charge >= 0.3 is 0 Å². The minimum absolute atomic E-state index is 0.280. The van der Waals surface area contributed by atoms with E-state index in [1.54, 1.807) is 6.26 Å². The fourth-order valence-corrected chi connectivity index (χ4v) is 2.36. The van der Waals surface area contributed by atoms with Gasteiger partial charge in [-0.2, -0.15) is 0 Å². The van der Waals surface area contributed by atoms with Crippen molar-refractivity contribution in [3.05, 3.63) is 0 Å². The van der Waals surface area contributed by atoms with Gasteiger partial charge in [-0.1, -0.05) is 17.6 Å². The minimum atomic E-state index is -2.79. The Morgan fingerprint density at radius 2 is 1.69 bits per heavy atom. The lowest BCUT2D eigenvalue weighted by atomic mass is 10.2. The Balaban J connectivity index is 3.18. The Bertz CT molecular complexity index is 209. The Morgan fingerprint density at radius 1 is 1.15 bits per heavy atom. The van der Waals surface area contributed by atoms with Crippen molar-refractivity contribution in [2.45, 2.75) is 25.7 Å². The molecule has 0 amide bonds. The van der Waals surface area contributed by atoms with E-state index in [0.29, 0.717) is 0 Å². The van der Waals surface area contributed by atoms with Gasteiger partial charge in [0.15, 0.2) is 0 Å². The van der Waals surface area contributed by atoms with Crippen LogP contribution in [0.4, 0.5) is 0 Å². The van der Waals surface area contributed by atoms with Crippen molar-refractivity contribution < 1.29 is 13.0 Å². The number of sulfone groups is 1. The highest BCUT2D eigenvalue weighted by molar-refractivity contribution is 7.90. The molecule has 0 aromatic heterocycles. The molecule has 0 radical (unpaired) electrons. The van der Waals surface area contributed by atoms with E-state index in [0.717, 1.165) is 31.4 Å². The van der Waals surface area contributed by atoms with Crippen molar-refractivity contribution in [1.82, 2.24) is 0 Å². The van der Waals surface area contributed by atoms with Crippen molar-refractivity contribution in [2.75, 3.05) is 24.0 Å². The minimum Gasteiger partial charge on any atom is -0.617 e. The molecule has 0 aliphatic rings. The summed E-state index contributed by atoms with van der Waals surface area (Å²) in [5.74, 6) is 1.01. The monoisotopic (exact) mass is 226 g/mol. The lowest BCUT2D eigenvalue weighted by molar-refractivity contribution is 0.587. The maximum Gasteiger partial charge on any atom is 0.147 e. The summed E-state index contributed by atoms with van der Waals surface area (Å²) >= 11 is -0.706. The first-order valence-corrected chi connectivity index (χ1v) is 8.18. The number of hydrogen-bond donors (Lipinski definition) is 0. The molecule has 80 valence electrons. The van der Waals surface area contributed by atoms with Gasteiger partial charge in [0, 0.05) is 12.0 Å². The highest BCUT2D eigenvalue weighted by Crippen LogP contribution is 2.03. The maximum atomic E-state index is 10.7. The second kappa shape index (κ2) is 6.68. The zero-order valence-corrected chi connectivity index (χ0v) is 9.92. The van der Waals surface area contributed by atoms with Gasteiger partial charge in [0.1, 0.15) is 15.6 Å². The van der Waals surface area contributed by atoms with E-state index in [1.165, 1.54) is 6.26 Å². The molecule has 1 atom stereocenters. The number of rotatable bonds is 7. The second-order valence-electron chi connectivity index (χ2n) is 3.32. The van der Waals surface area contributed by atoms with Crippen LogP contribution in [0.3, 0.4) is 0 Å². The van der Waals surface area contributed by atoms with Crippen molar-refractivity contribution in [3.8, 4) is 0 Å². The van der Waals surface area contributed by atoms with Crippen LogP contribution in [0, 0.1) is 0 Å². The molecular formula is C8H18O3S2. The SMILES string of the molecule is C[S+]([O-])CCCCCCS(C)(=O)=O. The largest absolute Gasteiger partial charge is 0.617 e. The van der Waals surface area contributed by atoms with Gasteiger partial charge in [-0.3, -0.25) is 0 Å². The predicted molar refractivity (Wildman–Crippen MR) is 57.1 cm³/mol. The highest BCUT2D eigenvalue weighted by Gasteiger charge is 2.01. The molecule has 0 aliphatic carbocycles. The molecule has 0 aromatic rings. The summed E-state index contributed by atoms with van der Waals surface area (Å²) in [5.41, 5.74) is 0. The summed E-state index contributed by atoms with van der Waals surface area (Å²) in [7, 11) is -2.79. The molecule has 0 aromatic carbocycles. The highest BCUT2D eigenvalue weighted by atomic mass is 32.2. The van der Waals surface area contributed by atoms with Gasteiger partial charge in [-0.25, -0.2) is 8.42 Å². The smallest absolute Gasteiger partial charge is 0.147 e. The molecule has 0 saturated carbocycles.